The highest BCUT2D eigenvalue weighted by atomic mass is 16.2. The van der Waals surface area contributed by atoms with E-state index in [0.29, 0.717) is 24.6 Å². The van der Waals surface area contributed by atoms with Crippen LogP contribution in [0.25, 0.3) is 16.7 Å². The molecule has 31 heavy (non-hydrogen) atoms. The number of benzene rings is 2. The Kier molecular flexibility index (Phi) is 5.18. The first-order chi connectivity index (χ1) is 15.3. The maximum atomic E-state index is 12.8. The van der Waals surface area contributed by atoms with Crippen molar-refractivity contribution >= 4 is 28.4 Å². The van der Waals surface area contributed by atoms with E-state index in [9.17, 15) is 4.79 Å². The van der Waals surface area contributed by atoms with Gasteiger partial charge < -0.3 is 15.1 Å². The Morgan fingerprint density at radius 2 is 1.55 bits per heavy atom. The molecule has 8 nitrogen and oxygen atoms in total. The first-order valence-electron chi connectivity index (χ1n) is 10.4. The molecule has 1 amide bonds. The third-order valence-electron chi connectivity index (χ3n) is 5.53. The number of hydrogen-bond acceptors (Lipinski definition) is 6. The Morgan fingerprint density at radius 3 is 2.26 bits per heavy atom. The lowest BCUT2D eigenvalue weighted by molar-refractivity contribution is -0.129. The van der Waals surface area contributed by atoms with Crippen LogP contribution in [0.2, 0.25) is 0 Å². The lowest BCUT2D eigenvalue weighted by Crippen LogP contribution is -2.50. The van der Waals surface area contributed by atoms with Gasteiger partial charge in [-0.1, -0.05) is 36.4 Å². The molecule has 8 heteroatoms. The molecule has 5 rings (SSSR count). The average Bonchev–Trinajstić information content (AvgIpc) is 3.29. The second-order valence-corrected chi connectivity index (χ2v) is 7.41. The van der Waals surface area contributed by atoms with E-state index in [1.807, 2.05) is 53.4 Å². The zero-order valence-corrected chi connectivity index (χ0v) is 17.1. The van der Waals surface area contributed by atoms with Crippen molar-refractivity contribution < 1.29 is 4.79 Å². The van der Waals surface area contributed by atoms with Gasteiger partial charge in [0, 0.05) is 31.9 Å². The van der Waals surface area contributed by atoms with Gasteiger partial charge in [0.15, 0.2) is 5.65 Å². The topological polar surface area (TPSA) is 79.2 Å². The highest BCUT2D eigenvalue weighted by Crippen LogP contribution is 2.21. The van der Waals surface area contributed by atoms with Crippen LogP contribution in [0.4, 0.5) is 11.5 Å². The van der Waals surface area contributed by atoms with Crippen molar-refractivity contribution in [1.82, 2.24) is 24.6 Å². The normalized spacial score (nSPS) is 14.1. The van der Waals surface area contributed by atoms with Gasteiger partial charge in [-0.2, -0.15) is 5.10 Å². The fraction of sp³-hybridized carbons (Fsp3) is 0.217. The van der Waals surface area contributed by atoms with Crippen molar-refractivity contribution in [1.29, 1.82) is 0 Å². The molecule has 4 aromatic rings. The molecule has 0 aliphatic carbocycles. The lowest BCUT2D eigenvalue weighted by Gasteiger charge is -2.36. The quantitative estimate of drug-likeness (QED) is 0.542. The van der Waals surface area contributed by atoms with Crippen LogP contribution in [-0.2, 0) is 4.79 Å². The van der Waals surface area contributed by atoms with Crippen LogP contribution in [0.1, 0.15) is 0 Å². The summed E-state index contributed by atoms with van der Waals surface area (Å²) in [6.07, 6.45) is 3.22. The molecule has 1 aliphatic heterocycles. The molecular weight excluding hydrogens is 390 g/mol. The van der Waals surface area contributed by atoms with E-state index >= 15 is 0 Å². The van der Waals surface area contributed by atoms with Crippen molar-refractivity contribution in [2.45, 2.75) is 0 Å². The molecule has 156 valence electrons. The van der Waals surface area contributed by atoms with E-state index < -0.39 is 0 Å². The molecule has 0 unspecified atom stereocenters. The number of anilines is 2. The first-order valence-corrected chi connectivity index (χ1v) is 10.4. The van der Waals surface area contributed by atoms with Crippen LogP contribution < -0.4 is 10.2 Å². The van der Waals surface area contributed by atoms with Crippen LogP contribution in [0.3, 0.4) is 0 Å². The maximum Gasteiger partial charge on any atom is 0.242 e. The van der Waals surface area contributed by atoms with E-state index in [4.69, 9.17) is 0 Å². The number of para-hydroxylation sites is 2. The van der Waals surface area contributed by atoms with Gasteiger partial charge in [-0.15, -0.1) is 0 Å². The number of rotatable bonds is 5. The number of nitrogens with one attached hydrogen (secondary N) is 1. The van der Waals surface area contributed by atoms with Crippen molar-refractivity contribution in [3.63, 3.8) is 0 Å². The highest BCUT2D eigenvalue weighted by molar-refractivity contribution is 5.89. The average molecular weight is 413 g/mol. The predicted molar refractivity (Wildman–Crippen MR) is 120 cm³/mol. The van der Waals surface area contributed by atoms with E-state index in [0.717, 1.165) is 24.2 Å². The van der Waals surface area contributed by atoms with Crippen molar-refractivity contribution in [3.05, 3.63) is 73.2 Å². The molecule has 0 atom stereocenters. The number of hydrogen-bond donors (Lipinski definition) is 1. The number of carbonyl (C=O) groups excluding carboxylic acids is 1. The summed E-state index contributed by atoms with van der Waals surface area (Å²) >= 11 is 0. The Bertz CT molecular complexity index is 1170. The van der Waals surface area contributed by atoms with Gasteiger partial charge in [-0.05, 0) is 24.3 Å². The zero-order chi connectivity index (χ0) is 21.0. The van der Waals surface area contributed by atoms with Gasteiger partial charge >= 0.3 is 0 Å². The Hall–Kier alpha value is -3.94. The van der Waals surface area contributed by atoms with Crippen LogP contribution in [-0.4, -0.2) is 63.3 Å². The number of fused-ring (bicyclic) bond motifs is 1. The minimum absolute atomic E-state index is 0.0647. The molecule has 1 aliphatic rings. The summed E-state index contributed by atoms with van der Waals surface area (Å²) in [7, 11) is 0. The molecule has 2 aromatic carbocycles. The molecule has 0 bridgehead atoms. The second-order valence-electron chi connectivity index (χ2n) is 7.41. The van der Waals surface area contributed by atoms with E-state index in [2.05, 4.69) is 37.4 Å². The zero-order valence-electron chi connectivity index (χ0n) is 17.1. The molecule has 0 spiro atoms. The SMILES string of the molecule is O=C(CNc1ncnc2c1cnn2-c1ccccc1)N1CCN(c2ccccc2)CC1. The monoisotopic (exact) mass is 413 g/mol. The maximum absolute atomic E-state index is 12.8. The Morgan fingerprint density at radius 1 is 0.871 bits per heavy atom. The van der Waals surface area contributed by atoms with Crippen LogP contribution in [0.15, 0.2) is 73.2 Å². The molecule has 1 N–H and O–H groups in total. The van der Waals surface area contributed by atoms with Gasteiger partial charge in [0.1, 0.15) is 12.1 Å². The molecule has 1 fully saturated rings. The predicted octanol–water partition coefficient (Wildman–Crippen LogP) is 2.58. The smallest absolute Gasteiger partial charge is 0.242 e. The number of aromatic nitrogens is 4. The standard InChI is InChI=1S/C23H23N7O/c31-21(29-13-11-28(12-14-29)18-7-3-1-4-8-18)16-24-22-20-15-27-30(23(20)26-17-25-22)19-9-5-2-6-10-19/h1-10,15,17H,11-14,16H2,(H,24,25,26). The van der Waals surface area contributed by atoms with E-state index in [-0.39, 0.29) is 12.5 Å². The van der Waals surface area contributed by atoms with Crippen molar-refractivity contribution in [2.24, 2.45) is 0 Å². The van der Waals surface area contributed by atoms with E-state index in [1.54, 1.807) is 10.9 Å². The second kappa shape index (κ2) is 8.43. The minimum atomic E-state index is 0.0647. The van der Waals surface area contributed by atoms with Crippen LogP contribution in [0.5, 0.6) is 0 Å². The summed E-state index contributed by atoms with van der Waals surface area (Å²) in [5, 5.41) is 8.42. The van der Waals surface area contributed by atoms with Crippen LogP contribution >= 0.6 is 0 Å². The fourth-order valence-corrected chi connectivity index (χ4v) is 3.87. The number of nitrogens with zero attached hydrogens (tertiary/aromatic N) is 6. The highest BCUT2D eigenvalue weighted by Gasteiger charge is 2.21. The lowest BCUT2D eigenvalue weighted by atomic mass is 10.2. The summed E-state index contributed by atoms with van der Waals surface area (Å²) in [5.41, 5.74) is 2.83. The van der Waals surface area contributed by atoms with E-state index in [1.165, 1.54) is 12.0 Å². The summed E-state index contributed by atoms with van der Waals surface area (Å²) in [6, 6.07) is 20.1. The fourth-order valence-electron chi connectivity index (χ4n) is 3.87. The molecule has 2 aromatic heterocycles. The summed E-state index contributed by atoms with van der Waals surface area (Å²) in [5.74, 6) is 0.679. The molecule has 1 saturated heterocycles. The summed E-state index contributed by atoms with van der Waals surface area (Å²) in [6.45, 7) is 3.27. The third-order valence-corrected chi connectivity index (χ3v) is 5.53. The van der Waals surface area contributed by atoms with Crippen molar-refractivity contribution in [2.75, 3.05) is 42.9 Å². The third kappa shape index (κ3) is 3.92. The molecule has 0 radical (unpaired) electrons. The van der Waals surface area contributed by atoms with Crippen molar-refractivity contribution in [3.8, 4) is 5.69 Å². The van der Waals surface area contributed by atoms with Gasteiger partial charge in [0.05, 0.1) is 23.8 Å². The van der Waals surface area contributed by atoms with Gasteiger partial charge in [-0.25, -0.2) is 14.6 Å². The molecular formula is C23H23N7O. The largest absolute Gasteiger partial charge is 0.368 e. The van der Waals surface area contributed by atoms with Crippen LogP contribution in [0, 0.1) is 0 Å². The number of piperazine rings is 1. The summed E-state index contributed by atoms with van der Waals surface area (Å²) < 4.78 is 1.77. The van der Waals surface area contributed by atoms with Gasteiger partial charge in [-0.3, -0.25) is 4.79 Å². The number of carbonyl (C=O) groups is 1. The molecule has 3 heterocycles. The first kappa shape index (κ1) is 19.0. The van der Waals surface area contributed by atoms with Gasteiger partial charge in [0.2, 0.25) is 5.91 Å². The minimum Gasteiger partial charge on any atom is -0.368 e. The Balaban J connectivity index is 1.23. The Labute approximate surface area is 180 Å². The van der Waals surface area contributed by atoms with Gasteiger partial charge in [0.25, 0.3) is 0 Å². The molecule has 0 saturated carbocycles. The number of amides is 1. The summed E-state index contributed by atoms with van der Waals surface area (Å²) in [4.78, 5) is 25.7.